The number of hydrogen-bond acceptors (Lipinski definition) is 5. The summed E-state index contributed by atoms with van der Waals surface area (Å²) >= 11 is 0. The van der Waals surface area contributed by atoms with Gasteiger partial charge < -0.3 is 14.4 Å². The van der Waals surface area contributed by atoms with E-state index in [1.165, 1.54) is 44.3 Å². The smallest absolute Gasteiger partial charge is 0.258 e. The highest BCUT2D eigenvalue weighted by Crippen LogP contribution is 2.28. The quantitative estimate of drug-likeness (QED) is 0.770. The van der Waals surface area contributed by atoms with Crippen molar-refractivity contribution in [1.29, 1.82) is 0 Å². The highest BCUT2D eigenvalue weighted by molar-refractivity contribution is 7.89. The van der Waals surface area contributed by atoms with Gasteiger partial charge in [-0.05, 0) is 42.5 Å². The first-order chi connectivity index (χ1) is 12.2. The first kappa shape index (κ1) is 19.7. The zero-order chi connectivity index (χ0) is 19.5. The van der Waals surface area contributed by atoms with Crippen LogP contribution in [-0.2, 0) is 10.0 Å². The molecule has 0 aliphatic rings. The molecule has 0 aromatic heterocycles. The van der Waals surface area contributed by atoms with Crippen molar-refractivity contribution in [2.45, 2.75) is 4.90 Å². The molecule has 0 aliphatic carbocycles. The van der Waals surface area contributed by atoms with E-state index in [1.807, 2.05) is 0 Å². The fraction of sp³-hybridized carbons (Fsp3) is 0.278. The lowest BCUT2D eigenvalue weighted by molar-refractivity contribution is 0.0992. The second-order valence-electron chi connectivity index (χ2n) is 5.72. The van der Waals surface area contributed by atoms with Gasteiger partial charge in [-0.1, -0.05) is 0 Å². The number of rotatable bonds is 6. The maximum absolute atomic E-state index is 12.8. The van der Waals surface area contributed by atoms with Crippen LogP contribution in [0.3, 0.4) is 0 Å². The summed E-state index contributed by atoms with van der Waals surface area (Å²) in [6, 6.07) is 11.3. The Morgan fingerprint density at radius 2 is 1.54 bits per heavy atom. The topological polar surface area (TPSA) is 76.1 Å². The lowest BCUT2D eigenvalue weighted by Crippen LogP contribution is -2.27. The van der Waals surface area contributed by atoms with E-state index >= 15 is 0 Å². The van der Waals surface area contributed by atoms with E-state index in [1.54, 1.807) is 38.4 Å². The largest absolute Gasteiger partial charge is 0.497 e. The van der Waals surface area contributed by atoms with Gasteiger partial charge in [-0.25, -0.2) is 12.7 Å². The van der Waals surface area contributed by atoms with Gasteiger partial charge in [0.15, 0.2) is 0 Å². The van der Waals surface area contributed by atoms with Crippen LogP contribution in [0.5, 0.6) is 11.5 Å². The lowest BCUT2D eigenvalue weighted by Gasteiger charge is -2.19. The summed E-state index contributed by atoms with van der Waals surface area (Å²) < 4.78 is 36.3. The minimum atomic E-state index is -3.75. The highest BCUT2D eigenvalue weighted by Gasteiger charge is 2.25. The molecule has 0 radical (unpaired) electrons. The average molecular weight is 378 g/mol. The Labute approximate surface area is 153 Å². The fourth-order valence-corrected chi connectivity index (χ4v) is 3.40. The number of nitrogens with zero attached hydrogens (tertiary/aromatic N) is 2. The van der Waals surface area contributed by atoms with Crippen LogP contribution in [0.25, 0.3) is 0 Å². The Balaban J connectivity index is 2.42. The molecular weight excluding hydrogens is 356 g/mol. The molecule has 1 amide bonds. The molecule has 0 fully saturated rings. The molecule has 0 spiro atoms. The maximum atomic E-state index is 12.8. The zero-order valence-corrected chi connectivity index (χ0v) is 16.2. The predicted octanol–water partition coefficient (Wildman–Crippen LogP) is 2.23. The van der Waals surface area contributed by atoms with Crippen molar-refractivity contribution in [2.75, 3.05) is 40.3 Å². The number of carbonyl (C=O) groups excluding carboxylic acids is 1. The van der Waals surface area contributed by atoms with Crippen molar-refractivity contribution >= 4 is 21.6 Å². The molecule has 0 aliphatic heterocycles. The van der Waals surface area contributed by atoms with E-state index in [-0.39, 0.29) is 22.1 Å². The summed E-state index contributed by atoms with van der Waals surface area (Å²) in [5, 5.41) is 0. The van der Waals surface area contributed by atoms with Crippen molar-refractivity contribution in [1.82, 2.24) is 4.31 Å². The molecule has 0 heterocycles. The predicted molar refractivity (Wildman–Crippen MR) is 99.6 cm³/mol. The Kier molecular flexibility index (Phi) is 5.89. The molecule has 0 saturated carbocycles. The van der Waals surface area contributed by atoms with Gasteiger partial charge >= 0.3 is 0 Å². The Hall–Kier alpha value is -2.58. The van der Waals surface area contributed by atoms with Crippen molar-refractivity contribution in [3.63, 3.8) is 0 Å². The Bertz CT molecular complexity index is 892. The van der Waals surface area contributed by atoms with E-state index in [0.717, 1.165) is 4.31 Å². The van der Waals surface area contributed by atoms with Crippen molar-refractivity contribution < 1.29 is 22.7 Å². The normalized spacial score (nSPS) is 11.3. The van der Waals surface area contributed by atoms with Crippen LogP contribution >= 0.6 is 0 Å². The first-order valence-corrected chi connectivity index (χ1v) is 9.19. The van der Waals surface area contributed by atoms with Crippen LogP contribution in [0.4, 0.5) is 5.69 Å². The van der Waals surface area contributed by atoms with E-state index in [0.29, 0.717) is 11.4 Å². The maximum Gasteiger partial charge on any atom is 0.258 e. The monoisotopic (exact) mass is 378 g/mol. The highest BCUT2D eigenvalue weighted by atomic mass is 32.2. The number of methoxy groups -OCH3 is 2. The average Bonchev–Trinajstić information content (AvgIpc) is 2.66. The van der Waals surface area contributed by atoms with Crippen LogP contribution in [0.1, 0.15) is 10.4 Å². The molecule has 8 heteroatoms. The number of benzene rings is 2. The minimum Gasteiger partial charge on any atom is -0.497 e. The fourth-order valence-electron chi connectivity index (χ4n) is 2.32. The molecule has 0 bridgehead atoms. The van der Waals surface area contributed by atoms with Crippen molar-refractivity contribution in [3.05, 3.63) is 48.0 Å². The Morgan fingerprint density at radius 3 is 2.04 bits per heavy atom. The van der Waals surface area contributed by atoms with Crippen molar-refractivity contribution in [3.8, 4) is 11.5 Å². The number of sulfonamides is 1. The molecule has 0 N–H and O–H groups in total. The van der Waals surface area contributed by atoms with Crippen molar-refractivity contribution in [2.24, 2.45) is 0 Å². The van der Waals surface area contributed by atoms with Gasteiger partial charge in [0.05, 0.1) is 14.2 Å². The third-order valence-electron chi connectivity index (χ3n) is 3.93. The van der Waals surface area contributed by atoms with Crippen LogP contribution in [0.2, 0.25) is 0 Å². The third-order valence-corrected chi connectivity index (χ3v) is 5.77. The first-order valence-electron chi connectivity index (χ1n) is 7.75. The molecule has 0 unspecified atom stereocenters. The minimum absolute atomic E-state index is 0.0565. The van der Waals surface area contributed by atoms with E-state index in [2.05, 4.69) is 0 Å². The lowest BCUT2D eigenvalue weighted by atomic mass is 10.1. The number of ether oxygens (including phenoxy) is 2. The van der Waals surface area contributed by atoms with Gasteiger partial charge in [0.1, 0.15) is 16.4 Å². The van der Waals surface area contributed by atoms with Gasteiger partial charge in [-0.15, -0.1) is 0 Å². The molecule has 2 aromatic rings. The molecule has 26 heavy (non-hydrogen) atoms. The van der Waals surface area contributed by atoms with E-state index < -0.39 is 10.0 Å². The van der Waals surface area contributed by atoms with E-state index in [4.69, 9.17) is 9.47 Å². The summed E-state index contributed by atoms with van der Waals surface area (Å²) in [5.74, 6) is 0.522. The van der Waals surface area contributed by atoms with E-state index in [9.17, 15) is 13.2 Å². The van der Waals surface area contributed by atoms with Gasteiger partial charge in [0, 0.05) is 32.4 Å². The third kappa shape index (κ3) is 3.81. The molecule has 0 atom stereocenters. The summed E-state index contributed by atoms with van der Waals surface area (Å²) in [4.78, 5) is 14.2. The second kappa shape index (κ2) is 7.76. The number of anilines is 1. The van der Waals surface area contributed by atoms with Crippen LogP contribution in [0.15, 0.2) is 47.4 Å². The summed E-state index contributed by atoms with van der Waals surface area (Å²) in [6.45, 7) is 0. The number of carbonyl (C=O) groups is 1. The SMILES string of the molecule is COc1ccc(N(C)C(=O)c2ccc(OC)c(S(=O)(=O)N(C)C)c2)cc1. The molecule has 0 saturated heterocycles. The van der Waals surface area contributed by atoms with Gasteiger partial charge in [-0.2, -0.15) is 0 Å². The summed E-state index contributed by atoms with van der Waals surface area (Å²) in [6.07, 6.45) is 0. The molecule has 2 aromatic carbocycles. The Morgan fingerprint density at radius 1 is 0.923 bits per heavy atom. The van der Waals surface area contributed by atoms with Gasteiger partial charge in [0.2, 0.25) is 10.0 Å². The molecule has 2 rings (SSSR count). The molecule has 7 nitrogen and oxygen atoms in total. The van der Waals surface area contributed by atoms with Crippen LogP contribution in [0, 0.1) is 0 Å². The van der Waals surface area contributed by atoms with Gasteiger partial charge in [-0.3, -0.25) is 4.79 Å². The van der Waals surface area contributed by atoms with Crippen LogP contribution in [-0.4, -0.2) is 54.0 Å². The summed E-state index contributed by atoms with van der Waals surface area (Å²) in [7, 11) is 3.66. The second-order valence-corrected chi connectivity index (χ2v) is 7.84. The molecule has 140 valence electrons. The molecular formula is C18H22N2O5S. The van der Waals surface area contributed by atoms with Crippen LogP contribution < -0.4 is 14.4 Å². The number of hydrogen-bond donors (Lipinski definition) is 0. The zero-order valence-electron chi connectivity index (χ0n) is 15.4. The van der Waals surface area contributed by atoms with Gasteiger partial charge in [0.25, 0.3) is 5.91 Å². The standard InChI is InChI=1S/C18H22N2O5S/c1-19(2)26(22,23)17-12-13(6-11-16(17)25-5)18(21)20(3)14-7-9-15(24-4)10-8-14/h6-12H,1-5H3. The number of amides is 1. The summed E-state index contributed by atoms with van der Waals surface area (Å²) in [5.41, 5.74) is 0.896.